The Kier molecular flexibility index (Phi) is 3.44. The van der Waals surface area contributed by atoms with E-state index in [1.807, 2.05) is 4.90 Å². The molecule has 2 fully saturated rings. The van der Waals surface area contributed by atoms with Gasteiger partial charge in [0, 0.05) is 19.7 Å². The lowest BCUT2D eigenvalue weighted by Crippen LogP contribution is -2.54. The van der Waals surface area contributed by atoms with Crippen molar-refractivity contribution in [2.24, 2.45) is 11.1 Å². The summed E-state index contributed by atoms with van der Waals surface area (Å²) in [6.45, 7) is 2.80. The molecular weight excluding hydrogens is 224 g/mol. The fourth-order valence-corrected chi connectivity index (χ4v) is 2.64. The Morgan fingerprint density at radius 3 is 2.56 bits per heavy atom. The zero-order valence-electron chi connectivity index (χ0n) is 9.41. The van der Waals surface area contributed by atoms with Gasteiger partial charge in [-0.15, -0.1) is 0 Å². The van der Waals surface area contributed by atoms with Crippen LogP contribution in [0.4, 0.5) is 0 Å². The topological polar surface area (TPSA) is 55.6 Å². The van der Waals surface area contributed by atoms with E-state index in [0.29, 0.717) is 18.1 Å². The third-order valence-corrected chi connectivity index (χ3v) is 3.99. The molecule has 1 amide bonds. The minimum atomic E-state index is -0.528. The second kappa shape index (κ2) is 4.67. The molecule has 1 aliphatic heterocycles. The van der Waals surface area contributed by atoms with Gasteiger partial charge in [-0.25, -0.2) is 0 Å². The number of rotatable bonds is 2. The van der Waals surface area contributed by atoms with Gasteiger partial charge in [-0.2, -0.15) is 0 Å². The zero-order chi connectivity index (χ0) is 11.6. The van der Waals surface area contributed by atoms with Gasteiger partial charge < -0.3 is 15.4 Å². The molecular formula is C11H18N2O2S. The summed E-state index contributed by atoms with van der Waals surface area (Å²) in [5.41, 5.74) is 5.20. The maximum absolute atomic E-state index is 12.4. The molecule has 2 rings (SSSR count). The number of ether oxygens (including phenoxy) is 1. The molecule has 0 aromatic carbocycles. The number of hydrogen-bond acceptors (Lipinski definition) is 3. The Morgan fingerprint density at radius 2 is 2.00 bits per heavy atom. The molecule has 0 spiro atoms. The lowest BCUT2D eigenvalue weighted by Gasteiger charge is -2.42. The fourth-order valence-electron chi connectivity index (χ4n) is 2.35. The van der Waals surface area contributed by atoms with Crippen LogP contribution in [0.5, 0.6) is 0 Å². The maximum Gasteiger partial charge on any atom is 0.235 e. The molecule has 1 saturated heterocycles. The highest BCUT2D eigenvalue weighted by Gasteiger charge is 2.48. The Labute approximate surface area is 101 Å². The Balaban J connectivity index is 2.07. The largest absolute Gasteiger partial charge is 0.392 e. The summed E-state index contributed by atoms with van der Waals surface area (Å²) in [4.78, 5) is 14.6. The van der Waals surface area contributed by atoms with E-state index >= 15 is 0 Å². The summed E-state index contributed by atoms with van der Waals surface area (Å²) in [6.07, 6.45) is 3.59. The number of amides is 1. The molecule has 0 radical (unpaired) electrons. The quantitative estimate of drug-likeness (QED) is 0.724. The standard InChI is InChI=1S/C11H18N2O2S/c12-9(16)11(3-1-4-11)10(14)13-5-2-7-15-8-6-13/h1-8H2,(H2,12,16). The summed E-state index contributed by atoms with van der Waals surface area (Å²) in [7, 11) is 0. The molecule has 0 unspecified atom stereocenters. The molecule has 0 bridgehead atoms. The molecule has 2 N–H and O–H groups in total. The van der Waals surface area contributed by atoms with Crippen LogP contribution in [0.3, 0.4) is 0 Å². The Morgan fingerprint density at radius 1 is 1.25 bits per heavy atom. The third-order valence-electron chi connectivity index (χ3n) is 3.60. The first kappa shape index (κ1) is 11.8. The van der Waals surface area contributed by atoms with Crippen LogP contribution in [0.1, 0.15) is 25.7 Å². The molecule has 0 aromatic rings. The average molecular weight is 242 g/mol. The summed E-state index contributed by atoms with van der Waals surface area (Å²) < 4.78 is 5.34. The molecule has 1 saturated carbocycles. The maximum atomic E-state index is 12.4. The van der Waals surface area contributed by atoms with Crippen LogP contribution in [0.15, 0.2) is 0 Å². The first-order valence-electron chi connectivity index (χ1n) is 5.84. The molecule has 1 heterocycles. The number of thiocarbonyl (C=S) groups is 1. The van der Waals surface area contributed by atoms with Crippen molar-refractivity contribution in [3.63, 3.8) is 0 Å². The van der Waals surface area contributed by atoms with Crippen molar-refractivity contribution in [1.29, 1.82) is 0 Å². The minimum Gasteiger partial charge on any atom is -0.392 e. The van der Waals surface area contributed by atoms with Crippen LogP contribution in [0.2, 0.25) is 0 Å². The van der Waals surface area contributed by atoms with Crippen molar-refractivity contribution in [1.82, 2.24) is 4.90 Å². The normalized spacial score (nSPS) is 24.4. The van der Waals surface area contributed by atoms with Gasteiger partial charge in [-0.05, 0) is 19.3 Å². The van der Waals surface area contributed by atoms with E-state index in [2.05, 4.69) is 0 Å². The van der Waals surface area contributed by atoms with Crippen molar-refractivity contribution in [2.75, 3.05) is 26.3 Å². The van der Waals surface area contributed by atoms with E-state index in [4.69, 9.17) is 22.7 Å². The van der Waals surface area contributed by atoms with Crippen molar-refractivity contribution < 1.29 is 9.53 Å². The van der Waals surface area contributed by atoms with Crippen molar-refractivity contribution in [2.45, 2.75) is 25.7 Å². The van der Waals surface area contributed by atoms with Crippen LogP contribution >= 0.6 is 12.2 Å². The monoisotopic (exact) mass is 242 g/mol. The van der Waals surface area contributed by atoms with E-state index in [0.717, 1.165) is 38.8 Å². The highest BCUT2D eigenvalue weighted by Crippen LogP contribution is 2.43. The Hall–Kier alpha value is -0.680. The van der Waals surface area contributed by atoms with E-state index < -0.39 is 5.41 Å². The third kappa shape index (κ3) is 1.94. The first-order chi connectivity index (χ1) is 7.67. The van der Waals surface area contributed by atoms with Gasteiger partial charge >= 0.3 is 0 Å². The van der Waals surface area contributed by atoms with Crippen molar-refractivity contribution in [3.05, 3.63) is 0 Å². The van der Waals surface area contributed by atoms with Gasteiger partial charge in [0.2, 0.25) is 5.91 Å². The SMILES string of the molecule is NC(=S)C1(C(=O)N2CCCOCC2)CCC1. The van der Waals surface area contributed by atoms with Gasteiger partial charge in [0.05, 0.1) is 17.0 Å². The highest BCUT2D eigenvalue weighted by molar-refractivity contribution is 7.80. The molecule has 90 valence electrons. The van der Waals surface area contributed by atoms with Gasteiger partial charge in [0.25, 0.3) is 0 Å². The zero-order valence-corrected chi connectivity index (χ0v) is 10.2. The summed E-state index contributed by atoms with van der Waals surface area (Å²) in [5, 5.41) is 0. The summed E-state index contributed by atoms with van der Waals surface area (Å²) >= 11 is 5.06. The van der Waals surface area contributed by atoms with E-state index in [1.54, 1.807) is 0 Å². The van der Waals surface area contributed by atoms with Crippen LogP contribution in [0.25, 0.3) is 0 Å². The number of nitrogens with zero attached hydrogens (tertiary/aromatic N) is 1. The summed E-state index contributed by atoms with van der Waals surface area (Å²) in [6, 6.07) is 0. The molecule has 4 nitrogen and oxygen atoms in total. The molecule has 0 atom stereocenters. The van der Waals surface area contributed by atoms with Crippen molar-refractivity contribution >= 4 is 23.1 Å². The van der Waals surface area contributed by atoms with Crippen LogP contribution in [-0.4, -0.2) is 42.1 Å². The van der Waals surface area contributed by atoms with Gasteiger partial charge in [-0.1, -0.05) is 18.6 Å². The van der Waals surface area contributed by atoms with Crippen molar-refractivity contribution in [3.8, 4) is 0 Å². The van der Waals surface area contributed by atoms with Gasteiger partial charge in [-0.3, -0.25) is 4.79 Å². The molecule has 0 aromatic heterocycles. The molecule has 1 aliphatic carbocycles. The van der Waals surface area contributed by atoms with Crippen LogP contribution < -0.4 is 5.73 Å². The highest BCUT2D eigenvalue weighted by atomic mass is 32.1. The minimum absolute atomic E-state index is 0.122. The van der Waals surface area contributed by atoms with Crippen LogP contribution in [0, 0.1) is 5.41 Å². The predicted octanol–water partition coefficient (Wildman–Crippen LogP) is 0.692. The number of nitrogens with two attached hydrogens (primary N) is 1. The number of carbonyl (C=O) groups is 1. The van der Waals surface area contributed by atoms with Gasteiger partial charge in [0.15, 0.2) is 0 Å². The fraction of sp³-hybridized carbons (Fsp3) is 0.818. The van der Waals surface area contributed by atoms with Gasteiger partial charge in [0.1, 0.15) is 0 Å². The van der Waals surface area contributed by atoms with Crippen LogP contribution in [-0.2, 0) is 9.53 Å². The molecule has 2 aliphatic rings. The average Bonchev–Trinajstić information content (AvgIpc) is 2.42. The van der Waals surface area contributed by atoms with E-state index in [-0.39, 0.29) is 5.91 Å². The number of hydrogen-bond donors (Lipinski definition) is 1. The lowest BCUT2D eigenvalue weighted by molar-refractivity contribution is -0.142. The smallest absolute Gasteiger partial charge is 0.235 e. The lowest BCUT2D eigenvalue weighted by atomic mass is 9.67. The van der Waals surface area contributed by atoms with E-state index in [9.17, 15) is 4.79 Å². The predicted molar refractivity (Wildman–Crippen MR) is 65.1 cm³/mol. The first-order valence-corrected chi connectivity index (χ1v) is 6.25. The Bertz CT molecular complexity index is 294. The summed E-state index contributed by atoms with van der Waals surface area (Å²) in [5.74, 6) is 0.122. The second-order valence-electron chi connectivity index (χ2n) is 4.56. The second-order valence-corrected chi connectivity index (χ2v) is 5.00. The van der Waals surface area contributed by atoms with E-state index in [1.165, 1.54) is 0 Å². The molecule has 5 heteroatoms. The molecule has 16 heavy (non-hydrogen) atoms. The number of carbonyl (C=O) groups excluding carboxylic acids is 1.